The normalized spacial score (nSPS) is 10.6. The van der Waals surface area contributed by atoms with Gasteiger partial charge in [0.15, 0.2) is 0 Å². The Bertz CT molecular complexity index is 411. The number of anilines is 1. The highest BCUT2D eigenvalue weighted by Gasteiger charge is 2.22. The zero-order valence-electron chi connectivity index (χ0n) is 10.1. The lowest BCUT2D eigenvalue weighted by Gasteiger charge is -2.23. The number of halogens is 1. The Morgan fingerprint density at radius 1 is 1.59 bits per heavy atom. The van der Waals surface area contributed by atoms with Crippen LogP contribution >= 0.6 is 11.6 Å². The summed E-state index contributed by atoms with van der Waals surface area (Å²) in [6.07, 6.45) is 1.15. The van der Waals surface area contributed by atoms with Gasteiger partial charge in [-0.3, -0.25) is 10.1 Å². The van der Waals surface area contributed by atoms with Gasteiger partial charge < -0.3 is 4.90 Å². The second-order valence-corrected chi connectivity index (χ2v) is 4.38. The van der Waals surface area contributed by atoms with Gasteiger partial charge in [-0.25, -0.2) is 4.98 Å². The Kier molecular flexibility index (Phi) is 4.62. The van der Waals surface area contributed by atoms with Crippen molar-refractivity contribution >= 4 is 23.1 Å². The van der Waals surface area contributed by atoms with Gasteiger partial charge in [-0.05, 0) is 24.4 Å². The predicted octanol–water partition coefficient (Wildman–Crippen LogP) is 2.52. The van der Waals surface area contributed by atoms with Crippen LogP contribution in [0, 0.1) is 16.0 Å². The van der Waals surface area contributed by atoms with Crippen LogP contribution in [0.4, 0.5) is 11.5 Å². The van der Waals surface area contributed by atoms with E-state index >= 15 is 0 Å². The van der Waals surface area contributed by atoms with E-state index in [1.54, 1.807) is 0 Å². The van der Waals surface area contributed by atoms with Crippen LogP contribution in [0.2, 0.25) is 5.28 Å². The van der Waals surface area contributed by atoms with Gasteiger partial charge in [0.25, 0.3) is 0 Å². The molecule has 17 heavy (non-hydrogen) atoms. The second-order valence-electron chi connectivity index (χ2n) is 4.04. The van der Waals surface area contributed by atoms with Crippen molar-refractivity contribution in [1.29, 1.82) is 0 Å². The predicted molar refractivity (Wildman–Crippen MR) is 66.4 cm³/mol. The summed E-state index contributed by atoms with van der Waals surface area (Å²) in [5.74, 6) is 0.662. The highest BCUT2D eigenvalue weighted by atomic mass is 35.5. The smallest absolute Gasteiger partial charge is 0.329 e. The van der Waals surface area contributed by atoms with E-state index in [-0.39, 0.29) is 16.8 Å². The molecule has 0 aliphatic rings. The van der Waals surface area contributed by atoms with Gasteiger partial charge in [-0.15, -0.1) is 0 Å². The molecule has 0 N–H and O–H groups in total. The molecule has 0 bridgehead atoms. The monoisotopic (exact) mass is 258 g/mol. The highest BCUT2D eigenvalue weighted by Crippen LogP contribution is 2.26. The molecular formula is C10H15ClN4O2. The van der Waals surface area contributed by atoms with Crippen molar-refractivity contribution in [2.24, 2.45) is 5.92 Å². The molecule has 6 nitrogen and oxygen atoms in total. The first-order chi connectivity index (χ1) is 7.95. The quantitative estimate of drug-likeness (QED) is 0.461. The Labute approximate surface area is 105 Å². The van der Waals surface area contributed by atoms with E-state index in [4.69, 9.17) is 11.6 Å². The van der Waals surface area contributed by atoms with E-state index in [0.717, 1.165) is 6.20 Å². The first-order valence-corrected chi connectivity index (χ1v) is 5.75. The Balaban J connectivity index is 3.15. The second kappa shape index (κ2) is 5.77. The van der Waals surface area contributed by atoms with Gasteiger partial charge in [0.1, 0.15) is 6.20 Å². The average Bonchev–Trinajstić information content (AvgIpc) is 2.25. The van der Waals surface area contributed by atoms with Crippen LogP contribution in [0.5, 0.6) is 0 Å². The topological polar surface area (TPSA) is 72.2 Å². The number of rotatable bonds is 5. The van der Waals surface area contributed by atoms with Crippen LogP contribution in [-0.4, -0.2) is 28.0 Å². The van der Waals surface area contributed by atoms with Crippen molar-refractivity contribution in [3.05, 3.63) is 21.6 Å². The zero-order chi connectivity index (χ0) is 13.0. The molecular weight excluding hydrogens is 244 g/mol. The molecule has 0 unspecified atom stereocenters. The summed E-state index contributed by atoms with van der Waals surface area (Å²) in [7, 11) is 0. The molecule has 0 saturated carbocycles. The molecule has 0 radical (unpaired) electrons. The van der Waals surface area contributed by atoms with Crippen molar-refractivity contribution in [2.75, 3.05) is 18.0 Å². The van der Waals surface area contributed by atoms with Gasteiger partial charge in [-0.2, -0.15) is 4.98 Å². The summed E-state index contributed by atoms with van der Waals surface area (Å²) in [5.41, 5.74) is -0.114. The largest absolute Gasteiger partial charge is 0.351 e. The third kappa shape index (κ3) is 3.52. The summed E-state index contributed by atoms with van der Waals surface area (Å²) >= 11 is 5.69. The molecule has 7 heteroatoms. The summed E-state index contributed by atoms with van der Waals surface area (Å²) in [6, 6.07) is 0. The van der Waals surface area contributed by atoms with Crippen LogP contribution in [0.25, 0.3) is 0 Å². The van der Waals surface area contributed by atoms with E-state index in [1.807, 2.05) is 25.7 Å². The Morgan fingerprint density at radius 3 is 2.71 bits per heavy atom. The van der Waals surface area contributed by atoms with Crippen LogP contribution in [0.1, 0.15) is 20.8 Å². The van der Waals surface area contributed by atoms with Gasteiger partial charge in [0.05, 0.1) is 4.92 Å². The lowest BCUT2D eigenvalue weighted by molar-refractivity contribution is -0.384. The fraction of sp³-hybridized carbons (Fsp3) is 0.600. The maximum atomic E-state index is 10.9. The third-order valence-corrected chi connectivity index (χ3v) is 2.37. The fourth-order valence-corrected chi connectivity index (χ4v) is 1.64. The van der Waals surface area contributed by atoms with E-state index in [9.17, 15) is 10.1 Å². The Morgan fingerprint density at radius 2 is 2.24 bits per heavy atom. The minimum absolute atomic E-state index is 0.0211. The minimum atomic E-state index is -0.491. The molecule has 0 aliphatic carbocycles. The summed E-state index contributed by atoms with van der Waals surface area (Å²) in [6.45, 7) is 7.31. The molecule has 94 valence electrons. The van der Waals surface area contributed by atoms with E-state index in [2.05, 4.69) is 9.97 Å². The molecule has 0 amide bonds. The fourth-order valence-electron chi connectivity index (χ4n) is 1.51. The molecule has 0 saturated heterocycles. The van der Waals surface area contributed by atoms with E-state index in [0.29, 0.717) is 19.0 Å². The molecule has 1 rings (SSSR count). The number of aromatic nitrogens is 2. The minimum Gasteiger partial charge on any atom is -0.351 e. The first-order valence-electron chi connectivity index (χ1n) is 5.37. The van der Waals surface area contributed by atoms with Crippen molar-refractivity contribution in [1.82, 2.24) is 9.97 Å². The molecule has 0 atom stereocenters. The van der Waals surface area contributed by atoms with Crippen molar-refractivity contribution < 1.29 is 4.92 Å². The molecule has 0 aromatic carbocycles. The van der Waals surface area contributed by atoms with Crippen LogP contribution in [0.3, 0.4) is 0 Å². The molecule has 1 aromatic heterocycles. The summed E-state index contributed by atoms with van der Waals surface area (Å²) in [5, 5.41) is 10.9. The molecule has 1 aromatic rings. The van der Waals surface area contributed by atoms with Crippen LogP contribution < -0.4 is 4.90 Å². The van der Waals surface area contributed by atoms with Crippen LogP contribution in [0.15, 0.2) is 6.20 Å². The molecule has 0 aliphatic heterocycles. The van der Waals surface area contributed by atoms with Crippen molar-refractivity contribution in [3.8, 4) is 0 Å². The van der Waals surface area contributed by atoms with Gasteiger partial charge in [-0.1, -0.05) is 13.8 Å². The highest BCUT2D eigenvalue weighted by molar-refractivity contribution is 6.28. The van der Waals surface area contributed by atoms with Gasteiger partial charge in [0.2, 0.25) is 11.1 Å². The lowest BCUT2D eigenvalue weighted by atomic mass is 10.2. The zero-order valence-corrected chi connectivity index (χ0v) is 10.8. The number of nitrogens with zero attached hydrogens (tertiary/aromatic N) is 4. The number of nitro groups is 1. The van der Waals surface area contributed by atoms with Crippen LogP contribution in [-0.2, 0) is 0 Å². The number of hydrogen-bond acceptors (Lipinski definition) is 5. The maximum absolute atomic E-state index is 10.9. The Hall–Kier alpha value is -1.43. The lowest BCUT2D eigenvalue weighted by Crippen LogP contribution is -2.29. The molecule has 0 fully saturated rings. The number of hydrogen-bond donors (Lipinski definition) is 0. The van der Waals surface area contributed by atoms with Gasteiger partial charge in [0, 0.05) is 13.1 Å². The maximum Gasteiger partial charge on any atom is 0.329 e. The van der Waals surface area contributed by atoms with Crippen molar-refractivity contribution in [3.63, 3.8) is 0 Å². The molecule has 0 spiro atoms. The molecule has 1 heterocycles. The SMILES string of the molecule is CCN(CC(C)C)c1nc(Cl)ncc1[N+](=O)[O-]. The summed E-state index contributed by atoms with van der Waals surface area (Å²) in [4.78, 5) is 19.8. The van der Waals surface area contributed by atoms with Gasteiger partial charge >= 0.3 is 5.69 Å². The van der Waals surface area contributed by atoms with Crippen molar-refractivity contribution in [2.45, 2.75) is 20.8 Å². The first kappa shape index (κ1) is 13.6. The standard InChI is InChI=1S/C10H15ClN4O2/c1-4-14(6-7(2)3)9-8(15(16)17)5-12-10(11)13-9/h5,7H,4,6H2,1-3H3. The average molecular weight is 259 g/mol. The van der Waals surface area contributed by atoms with E-state index in [1.165, 1.54) is 0 Å². The summed E-state index contributed by atoms with van der Waals surface area (Å²) < 4.78 is 0. The third-order valence-electron chi connectivity index (χ3n) is 2.18. The van der Waals surface area contributed by atoms with E-state index < -0.39 is 4.92 Å².